The van der Waals surface area contributed by atoms with Gasteiger partial charge in [-0.2, -0.15) is 0 Å². The Kier molecular flexibility index (Phi) is 2.03. The summed E-state index contributed by atoms with van der Waals surface area (Å²) in [5.41, 5.74) is 8.07. The summed E-state index contributed by atoms with van der Waals surface area (Å²) in [5.74, 6) is 4.59. The monoisotopic (exact) mass is 228 g/mol. The molecule has 1 heterocycles. The van der Waals surface area contributed by atoms with Crippen molar-refractivity contribution in [3.63, 3.8) is 0 Å². The molecule has 2 heteroatoms. The van der Waals surface area contributed by atoms with Crippen LogP contribution in [0.15, 0.2) is 18.3 Å². The maximum absolute atomic E-state index is 5.91. The first-order chi connectivity index (χ1) is 8.29. The van der Waals surface area contributed by atoms with E-state index in [2.05, 4.69) is 11.1 Å². The van der Waals surface area contributed by atoms with Gasteiger partial charge in [-0.05, 0) is 67.9 Å². The van der Waals surface area contributed by atoms with E-state index < -0.39 is 0 Å². The van der Waals surface area contributed by atoms with Crippen LogP contribution in [0, 0.1) is 23.7 Å². The third kappa shape index (κ3) is 1.50. The standard InChI is InChI=1S/C15H20N2/c16-13-1-2-17-14(8-13)15-11-4-9-3-10(6-11)7-12(15)5-9/h1-2,8-12,15H,3-7H2,(H2,16,17). The second-order valence-electron chi connectivity index (χ2n) is 6.47. The van der Waals surface area contributed by atoms with Crippen molar-refractivity contribution >= 4 is 5.69 Å². The van der Waals surface area contributed by atoms with Gasteiger partial charge in [-0.1, -0.05) is 0 Å². The molecule has 0 saturated heterocycles. The fraction of sp³-hybridized carbons (Fsp3) is 0.667. The van der Waals surface area contributed by atoms with Crippen LogP contribution in [-0.4, -0.2) is 4.98 Å². The molecule has 0 amide bonds. The Balaban J connectivity index is 1.70. The van der Waals surface area contributed by atoms with Gasteiger partial charge in [0.05, 0.1) is 0 Å². The minimum absolute atomic E-state index is 0.714. The molecular weight excluding hydrogens is 208 g/mol. The fourth-order valence-corrected chi connectivity index (χ4v) is 5.06. The number of anilines is 1. The summed E-state index contributed by atoms with van der Waals surface area (Å²) in [4.78, 5) is 4.61. The van der Waals surface area contributed by atoms with Crippen LogP contribution in [0.25, 0.3) is 0 Å². The molecule has 90 valence electrons. The number of nitrogens with two attached hydrogens (primary N) is 1. The second kappa shape index (κ2) is 3.47. The third-order valence-corrected chi connectivity index (χ3v) is 5.37. The summed E-state index contributed by atoms with van der Waals surface area (Å²) in [6.07, 6.45) is 9.21. The first-order valence-corrected chi connectivity index (χ1v) is 7.01. The van der Waals surface area contributed by atoms with E-state index in [1.54, 1.807) is 0 Å². The molecule has 4 bridgehead atoms. The molecule has 0 aliphatic heterocycles. The van der Waals surface area contributed by atoms with E-state index in [4.69, 9.17) is 5.73 Å². The lowest BCUT2D eigenvalue weighted by Crippen LogP contribution is -2.44. The fourth-order valence-electron chi connectivity index (χ4n) is 5.06. The molecule has 1 aromatic heterocycles. The zero-order valence-corrected chi connectivity index (χ0v) is 10.2. The van der Waals surface area contributed by atoms with Gasteiger partial charge in [-0.15, -0.1) is 0 Å². The largest absolute Gasteiger partial charge is 0.399 e. The molecule has 4 saturated carbocycles. The molecule has 2 N–H and O–H groups in total. The van der Waals surface area contributed by atoms with Crippen LogP contribution in [0.2, 0.25) is 0 Å². The van der Waals surface area contributed by atoms with E-state index in [9.17, 15) is 0 Å². The van der Waals surface area contributed by atoms with Crippen molar-refractivity contribution in [3.05, 3.63) is 24.0 Å². The molecule has 4 aliphatic rings. The summed E-state index contributed by atoms with van der Waals surface area (Å²) in [7, 11) is 0. The van der Waals surface area contributed by atoms with Gasteiger partial charge in [0, 0.05) is 23.5 Å². The quantitative estimate of drug-likeness (QED) is 0.801. The van der Waals surface area contributed by atoms with Crippen LogP contribution in [0.4, 0.5) is 5.69 Å². The number of nitrogen functional groups attached to an aromatic ring is 1. The molecule has 0 radical (unpaired) electrons. The summed E-state index contributed by atoms with van der Waals surface area (Å²) in [6.45, 7) is 0. The Bertz CT molecular complexity index is 412. The molecule has 1 aromatic rings. The highest BCUT2D eigenvalue weighted by Crippen LogP contribution is 2.59. The predicted molar refractivity (Wildman–Crippen MR) is 68.4 cm³/mol. The van der Waals surface area contributed by atoms with Gasteiger partial charge in [0.25, 0.3) is 0 Å². The molecule has 4 fully saturated rings. The topological polar surface area (TPSA) is 38.9 Å². The first-order valence-electron chi connectivity index (χ1n) is 7.01. The van der Waals surface area contributed by atoms with Crippen LogP contribution >= 0.6 is 0 Å². The number of pyridine rings is 1. The molecule has 0 aromatic carbocycles. The summed E-state index contributed by atoms with van der Waals surface area (Å²) in [5, 5.41) is 0. The van der Waals surface area contributed by atoms with E-state index >= 15 is 0 Å². The highest BCUT2D eigenvalue weighted by molar-refractivity contribution is 5.39. The van der Waals surface area contributed by atoms with Crippen LogP contribution in [0.1, 0.15) is 43.7 Å². The normalized spacial score (nSPS) is 42.9. The van der Waals surface area contributed by atoms with E-state index in [0.717, 1.165) is 29.4 Å². The second-order valence-corrected chi connectivity index (χ2v) is 6.47. The minimum atomic E-state index is 0.714. The summed E-state index contributed by atoms with van der Waals surface area (Å²) in [6, 6.07) is 4.02. The molecule has 0 unspecified atom stereocenters. The van der Waals surface area contributed by atoms with Crippen LogP contribution in [0.3, 0.4) is 0 Å². The van der Waals surface area contributed by atoms with Crippen molar-refractivity contribution in [2.75, 3.05) is 5.73 Å². The highest BCUT2D eigenvalue weighted by atomic mass is 14.7. The Labute approximate surface area is 103 Å². The minimum Gasteiger partial charge on any atom is -0.399 e. The van der Waals surface area contributed by atoms with Gasteiger partial charge in [-0.3, -0.25) is 4.98 Å². The summed E-state index contributed by atoms with van der Waals surface area (Å²) < 4.78 is 0. The molecule has 0 spiro atoms. The van der Waals surface area contributed by atoms with Crippen LogP contribution in [-0.2, 0) is 0 Å². The third-order valence-electron chi connectivity index (χ3n) is 5.37. The molecule has 17 heavy (non-hydrogen) atoms. The molecule has 2 nitrogen and oxygen atoms in total. The highest BCUT2D eigenvalue weighted by Gasteiger charge is 2.48. The van der Waals surface area contributed by atoms with Crippen LogP contribution in [0.5, 0.6) is 0 Å². The number of aromatic nitrogens is 1. The lowest BCUT2D eigenvalue weighted by atomic mass is 9.51. The van der Waals surface area contributed by atoms with E-state index in [-0.39, 0.29) is 0 Å². The van der Waals surface area contributed by atoms with Crippen LogP contribution < -0.4 is 5.73 Å². The predicted octanol–water partition coefficient (Wildman–Crippen LogP) is 3.20. The number of hydrogen-bond donors (Lipinski definition) is 1. The molecule has 4 aliphatic carbocycles. The Morgan fingerprint density at radius 2 is 1.65 bits per heavy atom. The van der Waals surface area contributed by atoms with Crippen molar-refractivity contribution in [1.29, 1.82) is 0 Å². The Hall–Kier alpha value is -1.05. The average molecular weight is 228 g/mol. The number of hydrogen-bond acceptors (Lipinski definition) is 2. The van der Waals surface area contributed by atoms with Gasteiger partial charge >= 0.3 is 0 Å². The molecular formula is C15H20N2. The van der Waals surface area contributed by atoms with Crippen molar-refractivity contribution < 1.29 is 0 Å². The van der Waals surface area contributed by atoms with Gasteiger partial charge in [0.15, 0.2) is 0 Å². The maximum Gasteiger partial charge on any atom is 0.0460 e. The summed E-state index contributed by atoms with van der Waals surface area (Å²) >= 11 is 0. The van der Waals surface area contributed by atoms with E-state index in [1.807, 2.05) is 12.3 Å². The van der Waals surface area contributed by atoms with Gasteiger partial charge in [0.1, 0.15) is 0 Å². The molecule has 5 rings (SSSR count). The first kappa shape index (κ1) is 9.93. The Morgan fingerprint density at radius 3 is 2.24 bits per heavy atom. The SMILES string of the molecule is Nc1ccnc(C2C3CC4CC(C3)CC2C4)c1. The lowest BCUT2D eigenvalue weighted by Gasteiger charge is -2.54. The zero-order valence-electron chi connectivity index (χ0n) is 10.2. The van der Waals surface area contributed by atoms with Crippen molar-refractivity contribution in [2.45, 2.75) is 38.0 Å². The molecule has 0 atom stereocenters. The Morgan fingerprint density at radius 1 is 1.00 bits per heavy atom. The smallest absolute Gasteiger partial charge is 0.0460 e. The number of rotatable bonds is 1. The maximum atomic E-state index is 5.91. The average Bonchev–Trinajstić information content (AvgIpc) is 2.27. The van der Waals surface area contributed by atoms with E-state index in [1.165, 1.54) is 37.8 Å². The van der Waals surface area contributed by atoms with Gasteiger partial charge in [-0.25, -0.2) is 0 Å². The van der Waals surface area contributed by atoms with E-state index in [0.29, 0.717) is 5.92 Å². The zero-order chi connectivity index (χ0) is 11.4. The number of nitrogens with zero attached hydrogens (tertiary/aromatic N) is 1. The van der Waals surface area contributed by atoms with Crippen molar-refractivity contribution in [3.8, 4) is 0 Å². The van der Waals surface area contributed by atoms with Gasteiger partial charge < -0.3 is 5.73 Å². The van der Waals surface area contributed by atoms with Crippen molar-refractivity contribution in [1.82, 2.24) is 4.98 Å². The van der Waals surface area contributed by atoms with Gasteiger partial charge in [0.2, 0.25) is 0 Å². The van der Waals surface area contributed by atoms with Crippen molar-refractivity contribution in [2.24, 2.45) is 23.7 Å². The lowest BCUT2D eigenvalue weighted by molar-refractivity contribution is -0.00412.